The lowest BCUT2D eigenvalue weighted by Gasteiger charge is -2.14. The summed E-state index contributed by atoms with van der Waals surface area (Å²) in [6, 6.07) is 10.5. The van der Waals surface area contributed by atoms with E-state index >= 15 is 0 Å². The van der Waals surface area contributed by atoms with E-state index in [9.17, 15) is 4.79 Å². The van der Waals surface area contributed by atoms with E-state index in [4.69, 9.17) is 23.2 Å². The second-order valence-corrected chi connectivity index (χ2v) is 4.94. The van der Waals surface area contributed by atoms with Gasteiger partial charge in [0.15, 0.2) is 0 Å². The van der Waals surface area contributed by atoms with Crippen molar-refractivity contribution in [2.75, 3.05) is 0 Å². The Morgan fingerprint density at radius 3 is 2.42 bits per heavy atom. The fourth-order valence-electron chi connectivity index (χ4n) is 1.62. The lowest BCUT2D eigenvalue weighted by Crippen LogP contribution is -2.26. The molecule has 0 unspecified atom stereocenters. The molecule has 98 valence electrons. The number of nitrogens with zero attached hydrogens (tertiary/aromatic N) is 1. The highest BCUT2D eigenvalue weighted by atomic mass is 35.5. The Kier molecular flexibility index (Phi) is 4.40. The van der Waals surface area contributed by atoms with E-state index in [1.165, 1.54) is 6.20 Å². The van der Waals surface area contributed by atoms with Gasteiger partial charge in [0.2, 0.25) is 0 Å². The molecule has 0 bridgehead atoms. The van der Waals surface area contributed by atoms with Crippen LogP contribution in [0.4, 0.5) is 0 Å². The molecule has 2 rings (SSSR count). The van der Waals surface area contributed by atoms with Gasteiger partial charge in [0.05, 0.1) is 11.6 Å². The standard InChI is InChI=1S/C14H12Cl2N2O/c1-9(10-2-5-12(15)6-3-10)18-14(19)11-4-7-13(16)17-8-11/h2-9H,1H3,(H,18,19)/t9-/m1/s1. The summed E-state index contributed by atoms with van der Waals surface area (Å²) in [7, 11) is 0. The van der Waals surface area contributed by atoms with Crippen LogP contribution in [0.2, 0.25) is 10.2 Å². The van der Waals surface area contributed by atoms with Crippen LogP contribution >= 0.6 is 23.2 Å². The minimum atomic E-state index is -0.188. The third-order valence-corrected chi connectivity index (χ3v) is 3.18. The van der Waals surface area contributed by atoms with E-state index in [2.05, 4.69) is 10.3 Å². The summed E-state index contributed by atoms with van der Waals surface area (Å²) in [6.45, 7) is 1.91. The molecule has 1 amide bonds. The number of nitrogens with one attached hydrogen (secondary N) is 1. The summed E-state index contributed by atoms with van der Waals surface area (Å²) in [4.78, 5) is 15.9. The normalized spacial score (nSPS) is 11.9. The zero-order valence-corrected chi connectivity index (χ0v) is 11.7. The van der Waals surface area contributed by atoms with Crippen LogP contribution in [-0.2, 0) is 0 Å². The lowest BCUT2D eigenvalue weighted by molar-refractivity contribution is 0.0939. The highest BCUT2D eigenvalue weighted by molar-refractivity contribution is 6.30. The number of hydrogen-bond acceptors (Lipinski definition) is 2. The summed E-state index contributed by atoms with van der Waals surface area (Å²) in [5.74, 6) is -0.188. The number of aromatic nitrogens is 1. The second kappa shape index (κ2) is 6.04. The Labute approximate surface area is 121 Å². The van der Waals surface area contributed by atoms with Crippen molar-refractivity contribution >= 4 is 29.1 Å². The highest BCUT2D eigenvalue weighted by Gasteiger charge is 2.11. The predicted octanol–water partition coefficient (Wildman–Crippen LogP) is 3.88. The third kappa shape index (κ3) is 3.69. The van der Waals surface area contributed by atoms with E-state index in [-0.39, 0.29) is 11.9 Å². The van der Waals surface area contributed by atoms with Crippen molar-refractivity contribution in [1.82, 2.24) is 10.3 Å². The zero-order chi connectivity index (χ0) is 13.8. The molecule has 1 atom stereocenters. The molecule has 0 saturated heterocycles. The number of carbonyl (C=O) groups excluding carboxylic acids is 1. The van der Waals surface area contributed by atoms with E-state index in [1.54, 1.807) is 24.3 Å². The van der Waals surface area contributed by atoms with Crippen LogP contribution in [0.3, 0.4) is 0 Å². The molecule has 1 aromatic heterocycles. The third-order valence-electron chi connectivity index (χ3n) is 2.71. The Morgan fingerprint density at radius 2 is 1.84 bits per heavy atom. The Hall–Kier alpha value is -1.58. The van der Waals surface area contributed by atoms with Gasteiger partial charge < -0.3 is 5.32 Å². The van der Waals surface area contributed by atoms with Crippen LogP contribution in [-0.4, -0.2) is 10.9 Å². The van der Waals surface area contributed by atoms with Crippen LogP contribution in [0, 0.1) is 0 Å². The summed E-state index contributed by atoms with van der Waals surface area (Å²) in [5, 5.41) is 3.92. The maximum atomic E-state index is 12.0. The van der Waals surface area contributed by atoms with E-state index in [0.717, 1.165) is 5.56 Å². The van der Waals surface area contributed by atoms with Crippen LogP contribution in [0.1, 0.15) is 28.9 Å². The van der Waals surface area contributed by atoms with Crippen molar-refractivity contribution in [3.8, 4) is 0 Å². The van der Waals surface area contributed by atoms with Crippen molar-refractivity contribution in [1.29, 1.82) is 0 Å². The summed E-state index contributed by atoms with van der Waals surface area (Å²) in [6.07, 6.45) is 1.45. The highest BCUT2D eigenvalue weighted by Crippen LogP contribution is 2.16. The van der Waals surface area contributed by atoms with Gasteiger partial charge in [-0.05, 0) is 36.8 Å². The predicted molar refractivity (Wildman–Crippen MR) is 76.6 cm³/mol. The van der Waals surface area contributed by atoms with Crippen LogP contribution in [0.15, 0.2) is 42.6 Å². The number of hydrogen-bond donors (Lipinski definition) is 1. The van der Waals surface area contributed by atoms with Crippen molar-refractivity contribution in [3.63, 3.8) is 0 Å². The molecular formula is C14H12Cl2N2O. The molecule has 1 heterocycles. The van der Waals surface area contributed by atoms with Gasteiger partial charge in [-0.25, -0.2) is 4.98 Å². The smallest absolute Gasteiger partial charge is 0.253 e. The minimum Gasteiger partial charge on any atom is -0.345 e. The van der Waals surface area contributed by atoms with Gasteiger partial charge in [0.1, 0.15) is 5.15 Å². The van der Waals surface area contributed by atoms with Crippen LogP contribution in [0.5, 0.6) is 0 Å². The molecule has 0 fully saturated rings. The second-order valence-electron chi connectivity index (χ2n) is 4.12. The number of carbonyl (C=O) groups is 1. The van der Waals surface area contributed by atoms with Gasteiger partial charge in [0.25, 0.3) is 5.91 Å². The van der Waals surface area contributed by atoms with Crippen molar-refractivity contribution in [3.05, 3.63) is 63.9 Å². The Bertz CT molecular complexity index is 567. The molecule has 5 heteroatoms. The van der Waals surface area contributed by atoms with Crippen molar-refractivity contribution < 1.29 is 4.79 Å². The van der Waals surface area contributed by atoms with Gasteiger partial charge in [0, 0.05) is 11.2 Å². The zero-order valence-electron chi connectivity index (χ0n) is 10.2. The first-order valence-electron chi connectivity index (χ1n) is 5.74. The Balaban J connectivity index is 2.06. The quantitative estimate of drug-likeness (QED) is 0.873. The monoisotopic (exact) mass is 294 g/mol. The fraction of sp³-hybridized carbons (Fsp3) is 0.143. The first-order chi connectivity index (χ1) is 9.06. The first kappa shape index (κ1) is 13.8. The molecule has 0 aliphatic rings. The molecule has 2 aromatic rings. The fourth-order valence-corrected chi connectivity index (χ4v) is 1.86. The summed E-state index contributed by atoms with van der Waals surface area (Å²) >= 11 is 11.5. The lowest BCUT2D eigenvalue weighted by atomic mass is 10.1. The number of pyridine rings is 1. The Morgan fingerprint density at radius 1 is 1.16 bits per heavy atom. The van der Waals surface area contributed by atoms with Crippen molar-refractivity contribution in [2.45, 2.75) is 13.0 Å². The molecule has 1 N–H and O–H groups in total. The maximum Gasteiger partial charge on any atom is 0.253 e. The van der Waals surface area contributed by atoms with Crippen LogP contribution < -0.4 is 5.32 Å². The SMILES string of the molecule is C[C@@H](NC(=O)c1ccc(Cl)nc1)c1ccc(Cl)cc1. The molecule has 0 spiro atoms. The number of rotatable bonds is 3. The topological polar surface area (TPSA) is 42.0 Å². The summed E-state index contributed by atoms with van der Waals surface area (Å²) in [5.41, 5.74) is 1.46. The average Bonchev–Trinajstić information content (AvgIpc) is 2.40. The van der Waals surface area contributed by atoms with E-state index in [1.807, 2.05) is 19.1 Å². The van der Waals surface area contributed by atoms with Gasteiger partial charge in [-0.1, -0.05) is 35.3 Å². The molecule has 0 aliphatic carbocycles. The van der Waals surface area contributed by atoms with Gasteiger partial charge in [-0.15, -0.1) is 0 Å². The van der Waals surface area contributed by atoms with Crippen LogP contribution in [0.25, 0.3) is 0 Å². The maximum absolute atomic E-state index is 12.0. The van der Waals surface area contributed by atoms with Gasteiger partial charge in [-0.3, -0.25) is 4.79 Å². The first-order valence-corrected chi connectivity index (χ1v) is 6.50. The molecule has 0 radical (unpaired) electrons. The average molecular weight is 295 g/mol. The summed E-state index contributed by atoms with van der Waals surface area (Å²) < 4.78 is 0. The molecule has 1 aromatic carbocycles. The van der Waals surface area contributed by atoms with Crippen molar-refractivity contribution in [2.24, 2.45) is 0 Å². The molecular weight excluding hydrogens is 283 g/mol. The number of amides is 1. The van der Waals surface area contributed by atoms with Gasteiger partial charge in [-0.2, -0.15) is 0 Å². The van der Waals surface area contributed by atoms with E-state index in [0.29, 0.717) is 15.7 Å². The molecule has 19 heavy (non-hydrogen) atoms. The van der Waals surface area contributed by atoms with Gasteiger partial charge >= 0.3 is 0 Å². The number of halogens is 2. The van der Waals surface area contributed by atoms with E-state index < -0.39 is 0 Å². The molecule has 0 saturated carbocycles. The molecule has 3 nitrogen and oxygen atoms in total. The minimum absolute atomic E-state index is 0.111. The molecule has 0 aliphatic heterocycles. The largest absolute Gasteiger partial charge is 0.345 e. The number of benzene rings is 1.